The Hall–Kier alpha value is -2.12. The highest BCUT2D eigenvalue weighted by atomic mass is 35.5. The van der Waals surface area contributed by atoms with Gasteiger partial charge in [0.15, 0.2) is 5.58 Å². The number of amides is 1. The van der Waals surface area contributed by atoms with Crippen molar-refractivity contribution >= 4 is 69.4 Å². The molecule has 0 saturated heterocycles. The highest BCUT2D eigenvalue weighted by Crippen LogP contribution is 2.34. The average Bonchev–Trinajstić information content (AvgIpc) is 3.11. The number of aromatic nitrogens is 1. The minimum atomic E-state index is -0.139. The molecular weight excluding hydrogens is 447 g/mol. The predicted molar refractivity (Wildman–Crippen MR) is 120 cm³/mol. The van der Waals surface area contributed by atoms with Crippen molar-refractivity contribution in [3.8, 4) is 0 Å². The quantitative estimate of drug-likeness (QED) is 0.313. The number of anilines is 1. The van der Waals surface area contributed by atoms with Gasteiger partial charge in [0, 0.05) is 19.8 Å². The van der Waals surface area contributed by atoms with Crippen LogP contribution in [0.3, 0.4) is 0 Å². The normalized spacial score (nSPS) is 11.0. The molecule has 0 bridgehead atoms. The molecular formula is C21H14Cl2N2O2S2. The summed E-state index contributed by atoms with van der Waals surface area (Å²) in [6.07, 6.45) is 0. The molecule has 0 aliphatic carbocycles. The van der Waals surface area contributed by atoms with Crippen molar-refractivity contribution in [1.82, 2.24) is 4.98 Å². The third-order valence-corrected chi connectivity index (χ3v) is 6.26. The zero-order valence-corrected chi connectivity index (χ0v) is 18.0. The lowest BCUT2D eigenvalue weighted by Gasteiger charge is -2.10. The number of benzene rings is 3. The van der Waals surface area contributed by atoms with E-state index in [0.717, 1.165) is 15.5 Å². The first-order valence-corrected chi connectivity index (χ1v) is 11.1. The molecule has 0 radical (unpaired) electrons. The lowest BCUT2D eigenvalue weighted by atomic mass is 10.3. The summed E-state index contributed by atoms with van der Waals surface area (Å²) in [5.74, 6) is 0.0416. The molecule has 0 aliphatic heterocycles. The van der Waals surface area contributed by atoms with Gasteiger partial charge in [-0.1, -0.05) is 58.9 Å². The Balaban J connectivity index is 1.40. The van der Waals surface area contributed by atoms with Crippen LogP contribution in [0.15, 0.2) is 86.2 Å². The number of rotatable bonds is 6. The lowest BCUT2D eigenvalue weighted by molar-refractivity contribution is -0.113. The Bertz CT molecular complexity index is 1160. The van der Waals surface area contributed by atoms with Crippen LogP contribution in [0.5, 0.6) is 0 Å². The first-order valence-electron chi connectivity index (χ1n) is 8.58. The Morgan fingerprint density at radius 2 is 1.76 bits per heavy atom. The second-order valence-electron chi connectivity index (χ2n) is 5.98. The van der Waals surface area contributed by atoms with Gasteiger partial charge in [0.1, 0.15) is 5.52 Å². The SMILES string of the molecule is O=C(CSc1nc2cc(Cl)ccc2o1)Nc1ccccc1Sc1ccc(Cl)cc1. The van der Waals surface area contributed by atoms with E-state index in [2.05, 4.69) is 10.3 Å². The number of hydrogen-bond donors (Lipinski definition) is 1. The van der Waals surface area contributed by atoms with Gasteiger partial charge in [0.25, 0.3) is 5.22 Å². The molecule has 1 N–H and O–H groups in total. The minimum absolute atomic E-state index is 0.139. The number of oxazole rings is 1. The van der Waals surface area contributed by atoms with Gasteiger partial charge in [-0.2, -0.15) is 0 Å². The van der Waals surface area contributed by atoms with Gasteiger partial charge in [-0.3, -0.25) is 4.79 Å². The fraction of sp³-hybridized carbons (Fsp3) is 0.0476. The van der Waals surface area contributed by atoms with Gasteiger partial charge in [0.05, 0.1) is 11.4 Å². The van der Waals surface area contributed by atoms with E-state index in [1.54, 1.807) is 30.0 Å². The van der Waals surface area contributed by atoms with E-state index in [0.29, 0.717) is 26.4 Å². The van der Waals surface area contributed by atoms with Gasteiger partial charge in [-0.15, -0.1) is 0 Å². The van der Waals surface area contributed by atoms with Crippen LogP contribution in [0, 0.1) is 0 Å². The van der Waals surface area contributed by atoms with Crippen molar-refractivity contribution < 1.29 is 9.21 Å². The number of para-hydroxylation sites is 1. The summed E-state index contributed by atoms with van der Waals surface area (Å²) in [4.78, 5) is 18.8. The molecule has 4 rings (SSSR count). The molecule has 1 amide bonds. The molecule has 1 heterocycles. The molecule has 0 atom stereocenters. The van der Waals surface area contributed by atoms with E-state index in [1.165, 1.54) is 11.8 Å². The molecule has 0 unspecified atom stereocenters. The summed E-state index contributed by atoms with van der Waals surface area (Å²) in [5.41, 5.74) is 2.06. The molecule has 4 nitrogen and oxygen atoms in total. The molecule has 8 heteroatoms. The minimum Gasteiger partial charge on any atom is -0.431 e. The van der Waals surface area contributed by atoms with Crippen molar-refractivity contribution in [3.05, 3.63) is 76.8 Å². The number of carbonyl (C=O) groups excluding carboxylic acids is 1. The van der Waals surface area contributed by atoms with E-state index in [1.807, 2.05) is 48.5 Å². The zero-order valence-electron chi connectivity index (χ0n) is 14.9. The Morgan fingerprint density at radius 3 is 2.59 bits per heavy atom. The molecule has 0 saturated carbocycles. The van der Waals surface area contributed by atoms with E-state index in [9.17, 15) is 4.79 Å². The maximum absolute atomic E-state index is 12.5. The van der Waals surface area contributed by atoms with Crippen LogP contribution >= 0.6 is 46.7 Å². The van der Waals surface area contributed by atoms with Gasteiger partial charge in [-0.05, 0) is 54.6 Å². The van der Waals surface area contributed by atoms with Gasteiger partial charge in [0.2, 0.25) is 5.91 Å². The molecule has 3 aromatic carbocycles. The van der Waals surface area contributed by atoms with E-state index in [4.69, 9.17) is 27.6 Å². The van der Waals surface area contributed by atoms with Crippen LogP contribution in [0.1, 0.15) is 0 Å². The number of thioether (sulfide) groups is 1. The molecule has 146 valence electrons. The molecule has 0 spiro atoms. The molecule has 4 aromatic rings. The second-order valence-corrected chi connectivity index (χ2v) is 8.90. The highest BCUT2D eigenvalue weighted by molar-refractivity contribution is 8.00. The van der Waals surface area contributed by atoms with Crippen molar-refractivity contribution in [3.63, 3.8) is 0 Å². The number of nitrogens with one attached hydrogen (secondary N) is 1. The highest BCUT2D eigenvalue weighted by Gasteiger charge is 2.12. The summed E-state index contributed by atoms with van der Waals surface area (Å²) >= 11 is 14.7. The lowest BCUT2D eigenvalue weighted by Crippen LogP contribution is -2.14. The smallest absolute Gasteiger partial charge is 0.257 e. The monoisotopic (exact) mass is 460 g/mol. The second kappa shape index (κ2) is 9.13. The number of fused-ring (bicyclic) bond motifs is 1. The van der Waals surface area contributed by atoms with Crippen LogP contribution in [0.2, 0.25) is 10.0 Å². The average molecular weight is 461 g/mol. The number of nitrogens with zero attached hydrogens (tertiary/aromatic N) is 1. The number of halogens is 2. The third kappa shape index (κ3) is 5.28. The molecule has 0 aliphatic rings. The summed E-state index contributed by atoms with van der Waals surface area (Å²) in [6.45, 7) is 0. The number of carbonyl (C=O) groups is 1. The van der Waals surface area contributed by atoms with Gasteiger partial charge < -0.3 is 9.73 Å². The summed E-state index contributed by atoms with van der Waals surface area (Å²) in [6, 6.07) is 20.5. The third-order valence-electron chi connectivity index (χ3n) is 3.86. The van der Waals surface area contributed by atoms with Crippen molar-refractivity contribution in [2.75, 3.05) is 11.1 Å². The van der Waals surface area contributed by atoms with Crippen molar-refractivity contribution in [2.45, 2.75) is 15.0 Å². The first-order chi connectivity index (χ1) is 14.1. The fourth-order valence-corrected chi connectivity index (χ4v) is 4.38. The fourth-order valence-electron chi connectivity index (χ4n) is 2.54. The van der Waals surface area contributed by atoms with Gasteiger partial charge in [-0.25, -0.2) is 4.98 Å². The summed E-state index contributed by atoms with van der Waals surface area (Å²) in [5, 5.41) is 4.67. The van der Waals surface area contributed by atoms with Crippen molar-refractivity contribution in [1.29, 1.82) is 0 Å². The molecule has 0 fully saturated rings. The Labute approximate surface area is 186 Å². The number of hydrogen-bond acceptors (Lipinski definition) is 5. The standard InChI is InChI=1S/C21H14Cl2N2O2S2/c22-13-5-8-15(9-6-13)29-19-4-2-1-3-16(19)24-20(26)12-28-21-25-17-11-14(23)7-10-18(17)27-21/h1-11H,12H2,(H,24,26). The van der Waals surface area contributed by atoms with Crippen LogP contribution < -0.4 is 5.32 Å². The maximum atomic E-state index is 12.5. The Kier molecular flexibility index (Phi) is 6.35. The topological polar surface area (TPSA) is 55.1 Å². The Morgan fingerprint density at radius 1 is 1.00 bits per heavy atom. The summed E-state index contributed by atoms with van der Waals surface area (Å²) in [7, 11) is 0. The van der Waals surface area contributed by atoms with Crippen LogP contribution in [-0.2, 0) is 4.79 Å². The predicted octanol–water partition coefficient (Wildman–Crippen LogP) is 7.02. The molecule has 1 aromatic heterocycles. The van der Waals surface area contributed by atoms with Crippen molar-refractivity contribution in [2.24, 2.45) is 0 Å². The first kappa shape index (κ1) is 20.2. The summed E-state index contributed by atoms with van der Waals surface area (Å²) < 4.78 is 5.63. The van der Waals surface area contributed by atoms with Crippen LogP contribution in [0.25, 0.3) is 11.1 Å². The zero-order chi connectivity index (χ0) is 20.2. The van der Waals surface area contributed by atoms with E-state index >= 15 is 0 Å². The van der Waals surface area contributed by atoms with E-state index in [-0.39, 0.29) is 11.7 Å². The van der Waals surface area contributed by atoms with E-state index < -0.39 is 0 Å². The maximum Gasteiger partial charge on any atom is 0.257 e. The van der Waals surface area contributed by atoms with Crippen LogP contribution in [-0.4, -0.2) is 16.6 Å². The molecule has 29 heavy (non-hydrogen) atoms. The van der Waals surface area contributed by atoms with Crippen LogP contribution in [0.4, 0.5) is 5.69 Å². The van der Waals surface area contributed by atoms with Gasteiger partial charge >= 0.3 is 0 Å². The largest absolute Gasteiger partial charge is 0.431 e.